The molecule has 29 heavy (non-hydrogen) atoms. The van der Waals surface area contributed by atoms with E-state index in [0.717, 1.165) is 29.8 Å². The lowest BCUT2D eigenvalue weighted by Gasteiger charge is -2.40. The Morgan fingerprint density at radius 3 is 2.69 bits per heavy atom. The van der Waals surface area contributed by atoms with Crippen LogP contribution in [0.3, 0.4) is 0 Å². The number of rotatable bonds is 5. The number of aromatic nitrogens is 3. The van der Waals surface area contributed by atoms with Crippen LogP contribution in [0.2, 0.25) is 0 Å². The molecule has 7 nitrogen and oxygen atoms in total. The maximum atomic E-state index is 7.74. The molecule has 1 spiro atoms. The summed E-state index contributed by atoms with van der Waals surface area (Å²) in [5.74, 6) is 1.44. The molecule has 2 aliphatic heterocycles. The zero-order valence-corrected chi connectivity index (χ0v) is 17.5. The molecule has 3 N–H and O–H groups in total. The first-order valence-corrected chi connectivity index (χ1v) is 10.6. The first-order chi connectivity index (χ1) is 14.0. The highest BCUT2D eigenvalue weighted by Crippen LogP contribution is 2.41. The van der Waals surface area contributed by atoms with E-state index in [0.29, 0.717) is 22.5 Å². The normalized spacial score (nSPS) is 20.3. The van der Waals surface area contributed by atoms with Gasteiger partial charge in [0.2, 0.25) is 0 Å². The van der Waals surface area contributed by atoms with Crippen molar-refractivity contribution in [3.05, 3.63) is 30.0 Å². The third-order valence-electron chi connectivity index (χ3n) is 6.47. The molecule has 0 unspecified atom stereocenters. The van der Waals surface area contributed by atoms with Crippen molar-refractivity contribution in [2.75, 3.05) is 37.6 Å². The SMILES string of the molecule is CCCN1CCC2(CCN(c3nc(C(C=N)=C(C)N)nc4cnccc34)CC2)C1. The molecule has 2 aromatic heterocycles. The number of nitrogens with zero attached hydrogens (tertiary/aromatic N) is 5. The van der Waals surface area contributed by atoms with Crippen molar-refractivity contribution in [3.8, 4) is 0 Å². The average Bonchev–Trinajstić information content (AvgIpc) is 3.11. The van der Waals surface area contributed by atoms with Crippen LogP contribution >= 0.6 is 0 Å². The molecule has 0 bridgehead atoms. The molecule has 2 saturated heterocycles. The van der Waals surface area contributed by atoms with Crippen LogP contribution in [0.5, 0.6) is 0 Å². The second-order valence-electron chi connectivity index (χ2n) is 8.52. The third-order valence-corrected chi connectivity index (χ3v) is 6.47. The van der Waals surface area contributed by atoms with Gasteiger partial charge in [0.05, 0.1) is 17.3 Å². The highest BCUT2D eigenvalue weighted by atomic mass is 15.2. The predicted octanol–water partition coefficient (Wildman–Crippen LogP) is 3.07. The monoisotopic (exact) mass is 393 g/mol. The first-order valence-electron chi connectivity index (χ1n) is 10.6. The Morgan fingerprint density at radius 1 is 1.24 bits per heavy atom. The van der Waals surface area contributed by atoms with Gasteiger partial charge < -0.3 is 20.9 Å². The highest BCUT2D eigenvalue weighted by Gasteiger charge is 2.40. The van der Waals surface area contributed by atoms with Gasteiger partial charge in [0.15, 0.2) is 5.82 Å². The van der Waals surface area contributed by atoms with Crippen LogP contribution in [0.15, 0.2) is 24.2 Å². The molecule has 0 saturated carbocycles. The molecule has 7 heteroatoms. The Kier molecular flexibility index (Phi) is 5.50. The molecule has 2 aliphatic rings. The smallest absolute Gasteiger partial charge is 0.165 e. The van der Waals surface area contributed by atoms with Gasteiger partial charge in [-0.15, -0.1) is 0 Å². The summed E-state index contributed by atoms with van der Waals surface area (Å²) in [7, 11) is 0. The number of fused-ring (bicyclic) bond motifs is 1. The largest absolute Gasteiger partial charge is 0.402 e. The maximum Gasteiger partial charge on any atom is 0.165 e. The van der Waals surface area contributed by atoms with E-state index in [4.69, 9.17) is 16.1 Å². The summed E-state index contributed by atoms with van der Waals surface area (Å²) in [6.45, 7) is 9.74. The third kappa shape index (κ3) is 3.83. The van der Waals surface area contributed by atoms with Crippen LogP contribution in [0.1, 0.15) is 45.4 Å². The summed E-state index contributed by atoms with van der Waals surface area (Å²) in [6.07, 6.45) is 9.74. The lowest BCUT2D eigenvalue weighted by molar-refractivity contribution is 0.209. The molecule has 0 radical (unpaired) electrons. The van der Waals surface area contributed by atoms with Gasteiger partial charge in [-0.1, -0.05) is 6.92 Å². The molecule has 0 amide bonds. The molecule has 0 aromatic carbocycles. The van der Waals surface area contributed by atoms with Crippen LogP contribution in [-0.4, -0.2) is 58.8 Å². The standard InChI is InChI=1S/C22H31N7/c1-3-9-28-10-5-22(15-28)6-11-29(12-7-22)21-17-4-8-25-14-19(17)26-20(27-21)18(13-23)16(2)24/h4,8,13-14,23H,3,5-7,9-12,15,24H2,1-2H3. The summed E-state index contributed by atoms with van der Waals surface area (Å²) in [5, 5.41) is 8.75. The Balaban J connectivity index is 1.63. The summed E-state index contributed by atoms with van der Waals surface area (Å²) in [5.41, 5.74) is 8.36. The summed E-state index contributed by atoms with van der Waals surface area (Å²) < 4.78 is 0. The van der Waals surface area contributed by atoms with E-state index < -0.39 is 0 Å². The van der Waals surface area contributed by atoms with Crippen LogP contribution < -0.4 is 10.6 Å². The number of piperidine rings is 1. The number of hydrogen-bond acceptors (Lipinski definition) is 7. The minimum atomic E-state index is 0.465. The number of anilines is 1. The topological polar surface area (TPSA) is 95.0 Å². The molecular weight excluding hydrogens is 362 g/mol. The maximum absolute atomic E-state index is 7.74. The minimum absolute atomic E-state index is 0.465. The fourth-order valence-electron chi connectivity index (χ4n) is 4.82. The molecule has 4 heterocycles. The molecule has 154 valence electrons. The molecule has 0 atom stereocenters. The molecular formula is C22H31N7. The van der Waals surface area contributed by atoms with Gasteiger partial charge in [-0.3, -0.25) is 4.98 Å². The number of nitrogens with two attached hydrogens (primary N) is 1. The van der Waals surface area contributed by atoms with E-state index in [1.165, 1.54) is 51.5 Å². The Hall–Kier alpha value is -2.54. The van der Waals surface area contributed by atoms with Gasteiger partial charge in [0, 0.05) is 43.1 Å². The number of nitrogens with one attached hydrogen (secondary N) is 1. The van der Waals surface area contributed by atoms with Crippen LogP contribution in [-0.2, 0) is 0 Å². The second-order valence-corrected chi connectivity index (χ2v) is 8.52. The Morgan fingerprint density at radius 2 is 2.00 bits per heavy atom. The van der Waals surface area contributed by atoms with Gasteiger partial charge in [0.1, 0.15) is 5.82 Å². The average molecular weight is 394 g/mol. The first kappa shape index (κ1) is 19.8. The van der Waals surface area contributed by atoms with Crippen molar-refractivity contribution in [1.29, 1.82) is 5.41 Å². The van der Waals surface area contributed by atoms with Gasteiger partial charge >= 0.3 is 0 Å². The van der Waals surface area contributed by atoms with Crippen molar-refractivity contribution in [2.24, 2.45) is 11.1 Å². The predicted molar refractivity (Wildman–Crippen MR) is 118 cm³/mol. The van der Waals surface area contributed by atoms with Crippen molar-refractivity contribution in [2.45, 2.75) is 39.5 Å². The number of likely N-dealkylation sites (tertiary alicyclic amines) is 1. The van der Waals surface area contributed by atoms with E-state index in [1.807, 2.05) is 6.07 Å². The fraction of sp³-hybridized carbons (Fsp3) is 0.545. The number of allylic oxidation sites excluding steroid dienone is 2. The van der Waals surface area contributed by atoms with Gasteiger partial charge in [0.25, 0.3) is 0 Å². The van der Waals surface area contributed by atoms with Crippen LogP contribution in [0.4, 0.5) is 5.82 Å². The highest BCUT2D eigenvalue weighted by molar-refractivity contribution is 6.08. The lowest BCUT2D eigenvalue weighted by atomic mass is 9.77. The molecule has 2 aromatic rings. The van der Waals surface area contributed by atoms with Crippen molar-refractivity contribution in [1.82, 2.24) is 19.9 Å². The summed E-state index contributed by atoms with van der Waals surface area (Å²) in [4.78, 5) is 18.7. The van der Waals surface area contributed by atoms with Crippen LogP contribution in [0, 0.1) is 10.8 Å². The quantitative estimate of drug-likeness (QED) is 0.758. The van der Waals surface area contributed by atoms with Crippen LogP contribution in [0.25, 0.3) is 16.5 Å². The van der Waals surface area contributed by atoms with Crippen molar-refractivity contribution >= 4 is 28.5 Å². The number of pyridine rings is 1. The molecule has 0 aliphatic carbocycles. The second kappa shape index (κ2) is 8.06. The fourth-order valence-corrected chi connectivity index (χ4v) is 4.82. The van der Waals surface area contributed by atoms with Gasteiger partial charge in [-0.05, 0) is 57.2 Å². The summed E-state index contributed by atoms with van der Waals surface area (Å²) >= 11 is 0. The summed E-state index contributed by atoms with van der Waals surface area (Å²) in [6, 6.07) is 1.99. The van der Waals surface area contributed by atoms with E-state index in [-0.39, 0.29) is 0 Å². The van der Waals surface area contributed by atoms with Crippen molar-refractivity contribution in [3.63, 3.8) is 0 Å². The van der Waals surface area contributed by atoms with Gasteiger partial charge in [-0.2, -0.15) is 0 Å². The van der Waals surface area contributed by atoms with E-state index in [2.05, 4.69) is 26.7 Å². The Bertz CT molecular complexity index is 924. The lowest BCUT2D eigenvalue weighted by Crippen LogP contribution is -2.42. The zero-order valence-electron chi connectivity index (χ0n) is 17.5. The minimum Gasteiger partial charge on any atom is -0.402 e. The van der Waals surface area contributed by atoms with Gasteiger partial charge in [-0.25, -0.2) is 9.97 Å². The Labute approximate surface area is 172 Å². The van der Waals surface area contributed by atoms with E-state index in [9.17, 15) is 0 Å². The molecule has 2 fully saturated rings. The van der Waals surface area contributed by atoms with Crippen molar-refractivity contribution < 1.29 is 0 Å². The molecule has 4 rings (SSSR count). The number of hydrogen-bond donors (Lipinski definition) is 2. The van der Waals surface area contributed by atoms with E-state index in [1.54, 1.807) is 19.3 Å². The zero-order chi connectivity index (χ0) is 20.4. The van der Waals surface area contributed by atoms with E-state index >= 15 is 0 Å².